The van der Waals surface area contributed by atoms with Crippen LogP contribution in [0.5, 0.6) is 17.4 Å². The van der Waals surface area contributed by atoms with Gasteiger partial charge in [-0.1, -0.05) is 24.6 Å². The topological polar surface area (TPSA) is 60.8 Å². The Labute approximate surface area is 166 Å². The Hall–Kier alpha value is -2.03. The summed E-state index contributed by atoms with van der Waals surface area (Å²) >= 11 is 5.95. The molecule has 1 atom stereocenters. The van der Waals surface area contributed by atoms with Gasteiger partial charge in [0.25, 0.3) is 0 Å². The summed E-state index contributed by atoms with van der Waals surface area (Å²) in [6.45, 7) is 2.59. The second kappa shape index (κ2) is 9.95. The average molecular weight is 420 g/mol. The Morgan fingerprint density at radius 1 is 1.21 bits per heavy atom. The number of nitrogens with zero attached hydrogens (tertiary/aromatic N) is 1. The largest absolute Gasteiger partial charge is 0.491 e. The second-order valence-corrected chi connectivity index (χ2v) is 6.47. The fourth-order valence-electron chi connectivity index (χ4n) is 2.45. The van der Waals surface area contributed by atoms with Gasteiger partial charge in [0.05, 0.1) is 12.2 Å². The van der Waals surface area contributed by atoms with E-state index in [1.807, 2.05) is 6.92 Å². The first-order valence-corrected chi connectivity index (χ1v) is 8.91. The lowest BCUT2D eigenvalue weighted by atomic mass is 9.97. The minimum Gasteiger partial charge on any atom is -0.491 e. The number of ether oxygens (including phenoxy) is 3. The van der Waals surface area contributed by atoms with Crippen LogP contribution in [-0.2, 0) is 10.9 Å². The average Bonchev–Trinajstić information content (AvgIpc) is 2.63. The summed E-state index contributed by atoms with van der Waals surface area (Å²) in [7, 11) is 1.55. The summed E-state index contributed by atoms with van der Waals surface area (Å²) in [5, 5.41) is 8.95. The normalized spacial score (nSPS) is 12.7. The van der Waals surface area contributed by atoms with Crippen molar-refractivity contribution in [3.8, 4) is 17.4 Å². The van der Waals surface area contributed by atoms with E-state index in [9.17, 15) is 18.3 Å². The highest BCUT2D eigenvalue weighted by Gasteiger charge is 2.32. The van der Waals surface area contributed by atoms with E-state index in [0.717, 1.165) is 11.6 Å². The summed E-state index contributed by atoms with van der Waals surface area (Å²) in [6, 6.07) is 5.89. The monoisotopic (exact) mass is 419 g/mol. The zero-order valence-electron chi connectivity index (χ0n) is 15.4. The molecule has 2 rings (SSSR count). The van der Waals surface area contributed by atoms with Crippen molar-refractivity contribution in [1.29, 1.82) is 0 Å². The third-order valence-corrected chi connectivity index (χ3v) is 4.25. The molecule has 0 spiro atoms. The standard InChI is InChI=1S/C19H21ClF3NO4/c1-12(5-6-25)15-4-3-14(27-8-7-26-2)10-17(15)28-18-16(20)9-13(11-24-18)19(21,22)23/h3-4,9-12,25H,5-8H2,1-2H3. The Morgan fingerprint density at radius 3 is 2.57 bits per heavy atom. The Morgan fingerprint density at radius 2 is 1.96 bits per heavy atom. The molecule has 0 saturated carbocycles. The molecule has 1 N–H and O–H groups in total. The van der Waals surface area contributed by atoms with Gasteiger partial charge < -0.3 is 19.3 Å². The zero-order chi connectivity index (χ0) is 20.7. The van der Waals surface area contributed by atoms with Crippen LogP contribution in [-0.4, -0.2) is 37.0 Å². The van der Waals surface area contributed by atoms with E-state index in [2.05, 4.69) is 4.98 Å². The summed E-state index contributed by atoms with van der Waals surface area (Å²) in [5.74, 6) is 0.613. The third kappa shape index (κ3) is 5.98. The van der Waals surface area contributed by atoms with Gasteiger partial charge in [0.15, 0.2) is 0 Å². The van der Waals surface area contributed by atoms with Crippen molar-refractivity contribution in [3.05, 3.63) is 46.6 Å². The summed E-state index contributed by atoms with van der Waals surface area (Å²) < 4.78 is 54.6. The van der Waals surface area contributed by atoms with Crippen molar-refractivity contribution >= 4 is 11.6 Å². The number of aliphatic hydroxyl groups excluding tert-OH is 1. The van der Waals surface area contributed by atoms with Crippen LogP contribution in [0.2, 0.25) is 5.02 Å². The Kier molecular flexibility index (Phi) is 7.91. The maximum absolute atomic E-state index is 12.8. The van der Waals surface area contributed by atoms with Gasteiger partial charge in [0.2, 0.25) is 5.88 Å². The first-order valence-electron chi connectivity index (χ1n) is 8.53. The Balaban J connectivity index is 2.33. The van der Waals surface area contributed by atoms with E-state index in [1.54, 1.807) is 25.3 Å². The van der Waals surface area contributed by atoms with E-state index in [4.69, 9.17) is 25.8 Å². The summed E-state index contributed by atoms with van der Waals surface area (Å²) in [5.41, 5.74) is -0.221. The first kappa shape index (κ1) is 22.3. The van der Waals surface area contributed by atoms with Crippen LogP contribution in [0.25, 0.3) is 0 Å². The van der Waals surface area contributed by atoms with Crippen LogP contribution in [0.1, 0.15) is 30.4 Å². The van der Waals surface area contributed by atoms with E-state index >= 15 is 0 Å². The highest BCUT2D eigenvalue weighted by molar-refractivity contribution is 6.31. The minimum absolute atomic E-state index is 0.0218. The number of halogens is 4. The maximum atomic E-state index is 12.8. The number of hydrogen-bond acceptors (Lipinski definition) is 5. The van der Waals surface area contributed by atoms with Crippen LogP contribution in [0.3, 0.4) is 0 Å². The second-order valence-electron chi connectivity index (χ2n) is 6.07. The molecule has 1 heterocycles. The van der Waals surface area contributed by atoms with Crippen molar-refractivity contribution in [2.24, 2.45) is 0 Å². The number of hydrogen-bond donors (Lipinski definition) is 1. The molecule has 0 fully saturated rings. The van der Waals surface area contributed by atoms with Crippen LogP contribution in [0.15, 0.2) is 30.5 Å². The van der Waals surface area contributed by atoms with Gasteiger partial charge in [-0.15, -0.1) is 0 Å². The Bertz CT molecular complexity index is 786. The molecule has 1 aromatic heterocycles. The lowest BCUT2D eigenvalue weighted by molar-refractivity contribution is -0.137. The highest BCUT2D eigenvalue weighted by atomic mass is 35.5. The predicted octanol–water partition coefficient (Wildman–Crippen LogP) is 5.06. The van der Waals surface area contributed by atoms with Gasteiger partial charge in [-0.25, -0.2) is 4.98 Å². The molecular formula is C19H21ClF3NO4. The molecule has 28 heavy (non-hydrogen) atoms. The maximum Gasteiger partial charge on any atom is 0.417 e. The smallest absolute Gasteiger partial charge is 0.417 e. The van der Waals surface area contributed by atoms with Crippen LogP contribution < -0.4 is 9.47 Å². The SMILES string of the molecule is COCCOc1ccc(C(C)CCO)c(Oc2ncc(C(F)(F)F)cc2Cl)c1. The molecule has 5 nitrogen and oxygen atoms in total. The number of benzene rings is 1. The fraction of sp³-hybridized carbons (Fsp3) is 0.421. The lowest BCUT2D eigenvalue weighted by Gasteiger charge is -2.18. The van der Waals surface area contributed by atoms with Crippen molar-refractivity contribution in [3.63, 3.8) is 0 Å². The number of aliphatic hydroxyl groups is 1. The summed E-state index contributed by atoms with van der Waals surface area (Å²) in [6.07, 6.45) is -3.41. The van der Waals surface area contributed by atoms with Crippen LogP contribution in [0, 0.1) is 0 Å². The molecule has 0 aliphatic heterocycles. The number of pyridine rings is 1. The van der Waals surface area contributed by atoms with Gasteiger partial charge >= 0.3 is 6.18 Å². The molecule has 0 saturated heterocycles. The van der Waals surface area contributed by atoms with Gasteiger partial charge in [-0.3, -0.25) is 0 Å². The van der Waals surface area contributed by atoms with Gasteiger partial charge in [0, 0.05) is 26.0 Å². The molecule has 0 aliphatic carbocycles. The van der Waals surface area contributed by atoms with E-state index in [-0.39, 0.29) is 23.4 Å². The van der Waals surface area contributed by atoms with Crippen molar-refractivity contribution < 1.29 is 32.5 Å². The van der Waals surface area contributed by atoms with Crippen molar-refractivity contribution in [1.82, 2.24) is 4.98 Å². The van der Waals surface area contributed by atoms with Crippen LogP contribution >= 0.6 is 11.6 Å². The molecule has 9 heteroatoms. The summed E-state index contributed by atoms with van der Waals surface area (Å²) in [4.78, 5) is 3.71. The fourth-order valence-corrected chi connectivity index (χ4v) is 2.66. The number of rotatable bonds is 9. The van der Waals surface area contributed by atoms with Crippen molar-refractivity contribution in [2.75, 3.05) is 26.9 Å². The van der Waals surface area contributed by atoms with E-state index in [1.165, 1.54) is 0 Å². The molecule has 0 radical (unpaired) electrons. The van der Waals surface area contributed by atoms with Gasteiger partial charge in [-0.2, -0.15) is 13.2 Å². The van der Waals surface area contributed by atoms with Crippen molar-refractivity contribution in [2.45, 2.75) is 25.4 Å². The molecule has 154 valence electrons. The number of alkyl halides is 3. The predicted molar refractivity (Wildman–Crippen MR) is 98.3 cm³/mol. The molecule has 0 aliphatic rings. The van der Waals surface area contributed by atoms with E-state index in [0.29, 0.717) is 37.3 Å². The molecule has 1 unspecified atom stereocenters. The zero-order valence-corrected chi connectivity index (χ0v) is 16.2. The molecule has 1 aromatic carbocycles. The minimum atomic E-state index is -4.55. The molecule has 2 aromatic rings. The quantitative estimate of drug-likeness (QED) is 0.576. The molecule has 0 amide bonds. The molecular weight excluding hydrogens is 399 g/mol. The third-order valence-electron chi connectivity index (χ3n) is 3.98. The molecule has 0 bridgehead atoms. The highest BCUT2D eigenvalue weighted by Crippen LogP contribution is 2.38. The van der Waals surface area contributed by atoms with Gasteiger partial charge in [-0.05, 0) is 30.0 Å². The lowest BCUT2D eigenvalue weighted by Crippen LogP contribution is -2.07. The first-order chi connectivity index (χ1) is 13.3. The number of aromatic nitrogens is 1. The number of methoxy groups -OCH3 is 1. The van der Waals surface area contributed by atoms with Crippen LogP contribution in [0.4, 0.5) is 13.2 Å². The van der Waals surface area contributed by atoms with Gasteiger partial charge in [0.1, 0.15) is 23.1 Å². The van der Waals surface area contributed by atoms with E-state index < -0.39 is 11.7 Å².